The van der Waals surface area contributed by atoms with E-state index in [-0.39, 0.29) is 5.28 Å². The number of fused-ring (bicyclic) bond motifs is 1. The van der Waals surface area contributed by atoms with Gasteiger partial charge in [0, 0.05) is 18.2 Å². The first kappa shape index (κ1) is 28.7. The molecule has 0 aliphatic rings. The molecule has 10 heteroatoms. The number of unbranched alkanes of at least 4 members (excludes halogenated alkanes) is 12. The zero-order chi connectivity index (χ0) is 25.8. The zero-order valence-corrected chi connectivity index (χ0v) is 23.6. The number of aromatic amines is 1. The first-order valence-electron chi connectivity index (χ1n) is 13.6. The molecule has 0 unspecified atom stereocenters. The molecule has 8 nitrogen and oxygen atoms in total. The molecular weight excluding hydrogens is 496 g/mol. The highest BCUT2D eigenvalue weighted by molar-refractivity contribution is 8.00. The minimum atomic E-state index is -0.459. The van der Waals surface area contributed by atoms with Crippen LogP contribution in [0.4, 0.5) is 0 Å². The van der Waals surface area contributed by atoms with E-state index < -0.39 is 5.76 Å². The number of halogens is 1. The van der Waals surface area contributed by atoms with Gasteiger partial charge in [-0.25, -0.2) is 19.9 Å². The van der Waals surface area contributed by atoms with Crippen LogP contribution in [0.5, 0.6) is 0 Å². The normalized spacial score (nSPS) is 11.8. The Kier molecular flexibility index (Phi) is 12.3. The van der Waals surface area contributed by atoms with Crippen molar-refractivity contribution in [2.75, 3.05) is 0 Å². The summed E-state index contributed by atoms with van der Waals surface area (Å²) >= 11 is 7.85. The Morgan fingerprint density at radius 1 is 0.889 bits per heavy atom. The third kappa shape index (κ3) is 9.54. The number of aryl methyl sites for hydroxylation is 3. The number of imidazole rings is 1. The Morgan fingerprint density at radius 2 is 1.47 bits per heavy atom. The summed E-state index contributed by atoms with van der Waals surface area (Å²) in [6.45, 7) is 7.32. The van der Waals surface area contributed by atoms with Crippen molar-refractivity contribution in [3.8, 4) is 0 Å². The van der Waals surface area contributed by atoms with Gasteiger partial charge in [0.05, 0.1) is 0 Å². The van der Waals surface area contributed by atoms with E-state index >= 15 is 0 Å². The van der Waals surface area contributed by atoms with Crippen LogP contribution in [0.25, 0.3) is 11.2 Å². The van der Waals surface area contributed by atoms with Crippen LogP contribution in [0.2, 0.25) is 5.28 Å². The fraction of sp³-hybridized carbons (Fsp3) is 0.731. The molecule has 0 saturated carbocycles. The molecule has 3 aromatic heterocycles. The summed E-state index contributed by atoms with van der Waals surface area (Å²) in [4.78, 5) is 24.4. The first-order chi connectivity index (χ1) is 17.4. The van der Waals surface area contributed by atoms with E-state index in [4.69, 9.17) is 16.0 Å². The van der Waals surface area contributed by atoms with Crippen LogP contribution in [0.15, 0.2) is 14.2 Å². The summed E-state index contributed by atoms with van der Waals surface area (Å²) in [6.07, 6.45) is 17.2. The van der Waals surface area contributed by atoms with Gasteiger partial charge in [-0.15, -0.1) is 16.9 Å². The van der Waals surface area contributed by atoms with Gasteiger partial charge in [0.1, 0.15) is 16.4 Å². The third-order valence-electron chi connectivity index (χ3n) is 6.34. The van der Waals surface area contributed by atoms with Gasteiger partial charge in [-0.05, 0) is 31.4 Å². The summed E-state index contributed by atoms with van der Waals surface area (Å²) in [5.74, 6) is 1.05. The molecule has 0 aliphatic carbocycles. The van der Waals surface area contributed by atoms with Crippen molar-refractivity contribution in [1.29, 1.82) is 0 Å². The quantitative estimate of drug-likeness (QED) is 0.0788. The van der Waals surface area contributed by atoms with E-state index in [2.05, 4.69) is 43.6 Å². The number of nitrogens with zero attached hydrogens (tertiary/aromatic N) is 5. The standard InChI is InChI=1S/C26H41ClN6O2S/c1-19(2)36-24-22-23(29-25(27)30-24)28-20(3)33(22)18-16-14-12-10-8-6-4-5-7-9-11-13-15-17-21-31-32-26(34)35-21/h19H,4-18H2,1-3H3,(H,32,34). The Hall–Kier alpha value is -1.87. The van der Waals surface area contributed by atoms with E-state index in [1.807, 2.05) is 6.92 Å². The van der Waals surface area contributed by atoms with Crippen molar-refractivity contribution in [2.45, 2.75) is 127 Å². The molecule has 0 saturated heterocycles. The van der Waals surface area contributed by atoms with Crippen molar-refractivity contribution in [3.05, 3.63) is 27.5 Å². The monoisotopic (exact) mass is 536 g/mol. The summed E-state index contributed by atoms with van der Waals surface area (Å²) in [6, 6.07) is 0. The van der Waals surface area contributed by atoms with Gasteiger partial charge < -0.3 is 8.98 Å². The Morgan fingerprint density at radius 3 is 2.03 bits per heavy atom. The van der Waals surface area contributed by atoms with E-state index in [9.17, 15) is 4.79 Å². The average molecular weight is 537 g/mol. The van der Waals surface area contributed by atoms with Gasteiger partial charge in [0.15, 0.2) is 5.65 Å². The SMILES string of the molecule is Cc1nc2nc(Cl)nc(SC(C)C)c2n1CCCCCCCCCCCCCCCc1n[nH]c(=O)o1. The second-order valence-electron chi connectivity index (χ2n) is 9.80. The van der Waals surface area contributed by atoms with Crippen LogP contribution in [0.1, 0.15) is 109 Å². The largest absolute Gasteiger partial charge is 0.434 e. The minimum absolute atomic E-state index is 0.272. The second kappa shape index (κ2) is 15.4. The predicted molar refractivity (Wildman–Crippen MR) is 147 cm³/mol. The molecule has 36 heavy (non-hydrogen) atoms. The molecule has 0 atom stereocenters. The molecule has 3 rings (SSSR count). The Bertz CT molecular complexity index is 1110. The molecule has 0 spiro atoms. The van der Waals surface area contributed by atoms with E-state index in [1.54, 1.807) is 11.8 Å². The molecule has 200 valence electrons. The molecular formula is C26H41ClN6O2S. The first-order valence-corrected chi connectivity index (χ1v) is 14.8. The van der Waals surface area contributed by atoms with Crippen molar-refractivity contribution in [1.82, 2.24) is 29.7 Å². The molecule has 1 N–H and O–H groups in total. The minimum Gasteiger partial charge on any atom is -0.393 e. The average Bonchev–Trinajstić information content (AvgIpc) is 3.37. The van der Waals surface area contributed by atoms with Gasteiger partial charge in [0.25, 0.3) is 0 Å². The molecule has 0 fully saturated rings. The second-order valence-corrected chi connectivity index (χ2v) is 11.7. The number of thioether (sulfide) groups is 1. The van der Waals surface area contributed by atoms with E-state index in [0.29, 0.717) is 16.8 Å². The van der Waals surface area contributed by atoms with Crippen LogP contribution in [0.3, 0.4) is 0 Å². The molecule has 3 aromatic rings. The lowest BCUT2D eigenvalue weighted by molar-refractivity contribution is 0.449. The van der Waals surface area contributed by atoms with Crippen molar-refractivity contribution >= 4 is 34.5 Å². The van der Waals surface area contributed by atoms with Crippen molar-refractivity contribution in [2.24, 2.45) is 0 Å². The summed E-state index contributed by atoms with van der Waals surface area (Å²) < 4.78 is 7.19. The van der Waals surface area contributed by atoms with Crippen molar-refractivity contribution in [3.63, 3.8) is 0 Å². The van der Waals surface area contributed by atoms with E-state index in [0.717, 1.165) is 42.2 Å². The summed E-state index contributed by atoms with van der Waals surface area (Å²) in [7, 11) is 0. The molecule has 3 heterocycles. The molecule has 0 aromatic carbocycles. The number of rotatable bonds is 18. The van der Waals surface area contributed by atoms with Gasteiger partial charge in [-0.1, -0.05) is 84.5 Å². The maximum Gasteiger partial charge on any atom is 0.434 e. The van der Waals surface area contributed by atoms with Gasteiger partial charge in [0.2, 0.25) is 11.2 Å². The van der Waals surface area contributed by atoms with E-state index in [1.165, 1.54) is 70.6 Å². The highest BCUT2D eigenvalue weighted by atomic mass is 35.5. The fourth-order valence-electron chi connectivity index (χ4n) is 4.52. The molecule has 0 radical (unpaired) electrons. The van der Waals surface area contributed by atoms with Crippen LogP contribution in [-0.2, 0) is 13.0 Å². The summed E-state index contributed by atoms with van der Waals surface area (Å²) in [5, 5.41) is 7.77. The Balaban J connectivity index is 1.20. The highest BCUT2D eigenvalue weighted by Crippen LogP contribution is 2.30. The maximum atomic E-state index is 10.9. The fourth-order valence-corrected chi connectivity index (χ4v) is 5.64. The van der Waals surface area contributed by atoms with Gasteiger partial charge >= 0.3 is 5.76 Å². The molecule has 0 aliphatic heterocycles. The van der Waals surface area contributed by atoms with Gasteiger partial charge in [-0.3, -0.25) is 0 Å². The molecule has 0 amide bonds. The number of hydrogen-bond acceptors (Lipinski definition) is 7. The van der Waals surface area contributed by atoms with Gasteiger partial charge in [-0.2, -0.15) is 4.98 Å². The number of aromatic nitrogens is 6. The van der Waals surface area contributed by atoms with Crippen LogP contribution < -0.4 is 5.76 Å². The Labute approximate surface area is 223 Å². The number of H-pyrrole nitrogens is 1. The van der Waals surface area contributed by atoms with Crippen LogP contribution in [0, 0.1) is 6.92 Å². The van der Waals surface area contributed by atoms with Crippen LogP contribution in [-0.4, -0.2) is 35.0 Å². The smallest absolute Gasteiger partial charge is 0.393 e. The maximum absolute atomic E-state index is 10.9. The predicted octanol–water partition coefficient (Wildman–Crippen LogP) is 7.28. The van der Waals surface area contributed by atoms with Crippen molar-refractivity contribution < 1.29 is 4.42 Å². The number of nitrogens with one attached hydrogen (secondary N) is 1. The summed E-state index contributed by atoms with van der Waals surface area (Å²) in [5.41, 5.74) is 1.74. The topological polar surface area (TPSA) is 102 Å². The lowest BCUT2D eigenvalue weighted by Gasteiger charge is -2.11. The highest BCUT2D eigenvalue weighted by Gasteiger charge is 2.17. The third-order valence-corrected chi connectivity index (χ3v) is 7.49. The van der Waals surface area contributed by atoms with Crippen LogP contribution >= 0.6 is 23.4 Å². The number of hydrogen-bond donors (Lipinski definition) is 1. The lowest BCUT2D eigenvalue weighted by atomic mass is 10.0. The zero-order valence-electron chi connectivity index (χ0n) is 22.0. The lowest BCUT2D eigenvalue weighted by Crippen LogP contribution is -2.03. The molecule has 0 bridgehead atoms.